The van der Waals surface area contributed by atoms with Crippen molar-refractivity contribution in [3.63, 3.8) is 0 Å². The van der Waals surface area contributed by atoms with Gasteiger partial charge in [-0.3, -0.25) is 9.59 Å². The number of rotatable bonds is 9. The number of amides is 2. The van der Waals surface area contributed by atoms with Gasteiger partial charge in [-0.15, -0.1) is 0 Å². The number of carbonyl (C=O) groups excluding carboxylic acids is 2. The van der Waals surface area contributed by atoms with E-state index >= 15 is 0 Å². The Kier molecular flexibility index (Phi) is 8.00. The van der Waals surface area contributed by atoms with Gasteiger partial charge in [-0.05, 0) is 30.7 Å². The number of hydrogen-bond acceptors (Lipinski definition) is 7. The number of nitrogens with zero attached hydrogens (tertiary/aromatic N) is 4. The Hall–Kier alpha value is -2.94. The molecule has 2 aromatic rings. The van der Waals surface area contributed by atoms with Crippen molar-refractivity contribution < 1.29 is 18.8 Å². The van der Waals surface area contributed by atoms with Gasteiger partial charge < -0.3 is 24.4 Å². The van der Waals surface area contributed by atoms with Gasteiger partial charge in [-0.25, -0.2) is 0 Å². The van der Waals surface area contributed by atoms with Crippen LogP contribution in [0.5, 0.6) is 0 Å². The molecule has 9 heteroatoms. The van der Waals surface area contributed by atoms with Crippen molar-refractivity contribution in [2.24, 2.45) is 0 Å². The minimum absolute atomic E-state index is 0.00209. The molecular weight excluding hydrogens is 398 g/mol. The molecule has 31 heavy (non-hydrogen) atoms. The molecule has 168 valence electrons. The van der Waals surface area contributed by atoms with Gasteiger partial charge in [0.2, 0.25) is 17.7 Å². The third kappa shape index (κ3) is 6.78. The summed E-state index contributed by atoms with van der Waals surface area (Å²) in [4.78, 5) is 32.6. The van der Waals surface area contributed by atoms with E-state index in [0.29, 0.717) is 36.7 Å². The lowest BCUT2D eigenvalue weighted by Crippen LogP contribution is -2.36. The monoisotopic (exact) mass is 429 g/mol. The third-order valence-electron chi connectivity index (χ3n) is 5.12. The summed E-state index contributed by atoms with van der Waals surface area (Å²) in [5.41, 5.74) is 1.82. The Morgan fingerprint density at radius 1 is 1.19 bits per heavy atom. The zero-order valence-corrected chi connectivity index (χ0v) is 18.5. The van der Waals surface area contributed by atoms with Gasteiger partial charge in [0.1, 0.15) is 0 Å². The van der Waals surface area contributed by atoms with Crippen molar-refractivity contribution in [3.8, 4) is 0 Å². The molecule has 9 nitrogen and oxygen atoms in total. The summed E-state index contributed by atoms with van der Waals surface area (Å²) in [5, 5.41) is 6.76. The fourth-order valence-electron chi connectivity index (χ4n) is 3.27. The van der Waals surface area contributed by atoms with E-state index in [4.69, 9.17) is 9.26 Å². The number of aryl methyl sites for hydroxylation is 1. The van der Waals surface area contributed by atoms with Gasteiger partial charge in [0.05, 0.1) is 19.8 Å². The largest absolute Gasteiger partial charge is 0.378 e. The lowest BCUT2D eigenvalue weighted by molar-refractivity contribution is -0.133. The number of nitrogens with one attached hydrogen (secondary N) is 1. The smallest absolute Gasteiger partial charge is 0.243 e. The topological polar surface area (TPSA) is 101 Å². The number of hydrogen-bond donors (Lipinski definition) is 1. The van der Waals surface area contributed by atoms with Crippen LogP contribution in [-0.4, -0.2) is 66.8 Å². The molecule has 1 N–H and O–H groups in total. The van der Waals surface area contributed by atoms with Crippen LogP contribution >= 0.6 is 0 Å². The van der Waals surface area contributed by atoms with Crippen molar-refractivity contribution in [1.82, 2.24) is 15.0 Å². The number of benzene rings is 1. The van der Waals surface area contributed by atoms with E-state index in [1.807, 2.05) is 38.1 Å². The fraction of sp³-hybridized carbons (Fsp3) is 0.545. The van der Waals surface area contributed by atoms with Crippen LogP contribution in [0.25, 0.3) is 0 Å². The first-order valence-corrected chi connectivity index (χ1v) is 10.7. The van der Waals surface area contributed by atoms with Crippen molar-refractivity contribution >= 4 is 23.2 Å². The second kappa shape index (κ2) is 10.9. The lowest BCUT2D eigenvalue weighted by atomic mass is 10.2. The van der Waals surface area contributed by atoms with Crippen LogP contribution in [-0.2, 0) is 20.7 Å². The minimum Gasteiger partial charge on any atom is -0.378 e. The molecule has 2 heterocycles. The van der Waals surface area contributed by atoms with Crippen LogP contribution in [0.2, 0.25) is 0 Å². The average molecular weight is 430 g/mol. The van der Waals surface area contributed by atoms with E-state index in [0.717, 1.165) is 32.0 Å². The molecule has 3 rings (SSSR count). The van der Waals surface area contributed by atoms with Crippen LogP contribution in [0.3, 0.4) is 0 Å². The van der Waals surface area contributed by atoms with Gasteiger partial charge in [0, 0.05) is 50.3 Å². The van der Waals surface area contributed by atoms with Crippen molar-refractivity contribution in [1.29, 1.82) is 0 Å². The third-order valence-corrected chi connectivity index (χ3v) is 5.12. The van der Waals surface area contributed by atoms with Crippen LogP contribution in [0.15, 0.2) is 28.8 Å². The van der Waals surface area contributed by atoms with Crippen LogP contribution in [0, 0.1) is 0 Å². The highest BCUT2D eigenvalue weighted by molar-refractivity contribution is 5.94. The van der Waals surface area contributed by atoms with Crippen LogP contribution in [0.4, 0.5) is 11.4 Å². The maximum absolute atomic E-state index is 12.3. The summed E-state index contributed by atoms with van der Waals surface area (Å²) < 4.78 is 10.6. The highest BCUT2D eigenvalue weighted by Crippen LogP contribution is 2.19. The Bertz CT molecular complexity index is 859. The average Bonchev–Trinajstić information content (AvgIpc) is 3.24. The summed E-state index contributed by atoms with van der Waals surface area (Å²) in [6.45, 7) is 7.18. The molecule has 1 aromatic carbocycles. The molecule has 1 fully saturated rings. The first-order chi connectivity index (χ1) is 14.9. The second-order valence-corrected chi connectivity index (χ2v) is 8.00. The predicted octanol–water partition coefficient (Wildman–Crippen LogP) is 2.45. The number of ether oxygens (including phenoxy) is 1. The highest BCUT2D eigenvalue weighted by Gasteiger charge is 2.15. The van der Waals surface area contributed by atoms with Gasteiger partial charge in [-0.2, -0.15) is 4.98 Å². The predicted molar refractivity (Wildman–Crippen MR) is 117 cm³/mol. The van der Waals surface area contributed by atoms with E-state index in [1.54, 1.807) is 7.05 Å². The quantitative estimate of drug-likeness (QED) is 0.653. The maximum Gasteiger partial charge on any atom is 0.243 e. The van der Waals surface area contributed by atoms with Gasteiger partial charge in [-0.1, -0.05) is 19.0 Å². The first kappa shape index (κ1) is 22.7. The molecule has 1 aliphatic heterocycles. The molecule has 0 radical (unpaired) electrons. The molecule has 1 aliphatic rings. The van der Waals surface area contributed by atoms with E-state index in [9.17, 15) is 9.59 Å². The lowest BCUT2D eigenvalue weighted by Gasteiger charge is -2.28. The molecule has 0 spiro atoms. The van der Waals surface area contributed by atoms with E-state index in [-0.39, 0.29) is 24.3 Å². The Labute approximate surface area is 182 Å². The zero-order valence-electron chi connectivity index (χ0n) is 18.5. The van der Waals surface area contributed by atoms with Crippen LogP contribution < -0.4 is 10.2 Å². The summed E-state index contributed by atoms with van der Waals surface area (Å²) >= 11 is 0. The van der Waals surface area contributed by atoms with Crippen LogP contribution in [0.1, 0.15) is 44.3 Å². The van der Waals surface area contributed by atoms with Gasteiger partial charge in [0.15, 0.2) is 5.82 Å². The normalized spacial score (nSPS) is 14.0. The molecule has 0 unspecified atom stereocenters. The molecule has 1 aromatic heterocycles. The molecule has 2 amide bonds. The Morgan fingerprint density at radius 3 is 2.55 bits per heavy atom. The number of anilines is 2. The SMILES string of the molecule is CC(C)c1noc(CCCC(=O)N(C)CC(=O)Nc2ccc(N3CCOCC3)cc2)n1. The van der Waals surface area contributed by atoms with Gasteiger partial charge in [0.25, 0.3) is 0 Å². The van der Waals surface area contributed by atoms with Gasteiger partial charge >= 0.3 is 0 Å². The molecule has 0 bridgehead atoms. The molecule has 0 saturated carbocycles. The van der Waals surface area contributed by atoms with Crippen molar-refractivity contribution in [2.75, 3.05) is 50.1 Å². The molecule has 0 atom stereocenters. The minimum atomic E-state index is -0.228. The van der Waals surface area contributed by atoms with E-state index in [1.165, 1.54) is 4.90 Å². The summed E-state index contributed by atoms with van der Waals surface area (Å²) in [6, 6.07) is 7.72. The second-order valence-electron chi connectivity index (χ2n) is 8.00. The highest BCUT2D eigenvalue weighted by atomic mass is 16.5. The number of carbonyl (C=O) groups is 2. The maximum atomic E-state index is 12.3. The number of morpholine rings is 1. The Morgan fingerprint density at radius 2 is 1.90 bits per heavy atom. The van der Waals surface area contributed by atoms with E-state index in [2.05, 4.69) is 20.4 Å². The zero-order chi connectivity index (χ0) is 22.2. The van der Waals surface area contributed by atoms with E-state index < -0.39 is 0 Å². The fourth-order valence-corrected chi connectivity index (χ4v) is 3.27. The standard InChI is InChI=1S/C22H31N5O4/c1-16(2)22-24-20(31-25-22)5-4-6-21(29)26(3)15-19(28)23-17-7-9-18(10-8-17)27-11-13-30-14-12-27/h7-10,16H,4-6,11-15H2,1-3H3,(H,23,28). The summed E-state index contributed by atoms with van der Waals surface area (Å²) in [5.74, 6) is 1.10. The summed E-state index contributed by atoms with van der Waals surface area (Å²) in [7, 11) is 1.63. The van der Waals surface area contributed by atoms with Crippen molar-refractivity contribution in [2.45, 2.75) is 39.0 Å². The number of likely N-dealkylation sites (N-methyl/N-ethyl adjacent to an activating group) is 1. The summed E-state index contributed by atoms with van der Waals surface area (Å²) in [6.07, 6.45) is 1.45. The van der Waals surface area contributed by atoms with Crippen molar-refractivity contribution in [3.05, 3.63) is 36.0 Å². The first-order valence-electron chi connectivity index (χ1n) is 10.7. The Balaban J connectivity index is 1.39. The molecular formula is C22H31N5O4. The molecule has 1 saturated heterocycles. The number of aromatic nitrogens is 2. The molecule has 0 aliphatic carbocycles.